The van der Waals surface area contributed by atoms with Gasteiger partial charge in [0.2, 0.25) is 0 Å². The normalized spacial score (nSPS) is 16.7. The molecule has 3 rings (SSSR count). The van der Waals surface area contributed by atoms with Crippen molar-refractivity contribution in [3.05, 3.63) is 82.8 Å². The fraction of sp³-hybridized carbons (Fsp3) is 0.190. The van der Waals surface area contributed by atoms with Crippen molar-refractivity contribution < 1.29 is 22.7 Å². The Hall–Kier alpha value is -3.44. The van der Waals surface area contributed by atoms with Gasteiger partial charge in [-0.05, 0) is 35.9 Å². The van der Waals surface area contributed by atoms with Crippen LogP contribution in [0.1, 0.15) is 21.5 Å². The fourth-order valence-corrected chi connectivity index (χ4v) is 4.20. The number of hydrogen-bond acceptors (Lipinski definition) is 6. The first-order chi connectivity index (χ1) is 13.9. The number of carbonyl (C=O) groups excluding carboxylic acids is 2. The molecule has 29 heavy (non-hydrogen) atoms. The van der Waals surface area contributed by atoms with Gasteiger partial charge in [-0.3, -0.25) is 4.79 Å². The smallest absolute Gasteiger partial charge is 0.338 e. The third kappa shape index (κ3) is 5.30. The van der Waals surface area contributed by atoms with E-state index in [0.717, 1.165) is 11.0 Å². The average molecular weight is 410 g/mol. The maximum absolute atomic E-state index is 12.8. The number of nitrogens with zero attached hydrogens (tertiary/aromatic N) is 2. The topological polar surface area (TPSA) is 105 Å². The third-order valence-electron chi connectivity index (χ3n) is 4.40. The molecule has 1 atom stereocenters. The summed E-state index contributed by atoms with van der Waals surface area (Å²) in [6, 6.07) is 16.3. The number of rotatable bonds is 6. The van der Waals surface area contributed by atoms with Crippen LogP contribution in [-0.4, -0.2) is 43.6 Å². The van der Waals surface area contributed by atoms with E-state index in [1.54, 1.807) is 0 Å². The van der Waals surface area contributed by atoms with Gasteiger partial charge in [-0.25, -0.2) is 13.2 Å². The molecule has 1 aliphatic rings. The lowest BCUT2D eigenvalue weighted by molar-refractivity contribution is -0.136. The SMILES string of the molecule is N#Cc1ccc(C(=O)OCC(=O)N(Cc2ccccc2)[C@@H]2C=CS(=O)(=O)C2)cc1. The Morgan fingerprint density at radius 3 is 2.38 bits per heavy atom. The van der Waals surface area contributed by atoms with E-state index in [-0.39, 0.29) is 17.9 Å². The first kappa shape index (κ1) is 20.3. The van der Waals surface area contributed by atoms with Crippen LogP contribution in [-0.2, 0) is 25.9 Å². The quantitative estimate of drug-likeness (QED) is 0.675. The van der Waals surface area contributed by atoms with E-state index in [4.69, 9.17) is 10.00 Å². The Kier molecular flexibility index (Phi) is 6.10. The molecule has 0 radical (unpaired) electrons. The van der Waals surface area contributed by atoms with Gasteiger partial charge in [0.1, 0.15) is 0 Å². The zero-order valence-corrected chi connectivity index (χ0v) is 16.2. The van der Waals surface area contributed by atoms with Crippen molar-refractivity contribution >= 4 is 21.7 Å². The van der Waals surface area contributed by atoms with Gasteiger partial charge in [-0.15, -0.1) is 0 Å². The van der Waals surface area contributed by atoms with Crippen LogP contribution in [0.3, 0.4) is 0 Å². The largest absolute Gasteiger partial charge is 0.452 e. The van der Waals surface area contributed by atoms with Gasteiger partial charge in [0, 0.05) is 12.0 Å². The molecule has 148 valence electrons. The van der Waals surface area contributed by atoms with Crippen molar-refractivity contribution in [1.29, 1.82) is 5.26 Å². The summed E-state index contributed by atoms with van der Waals surface area (Å²) < 4.78 is 28.7. The summed E-state index contributed by atoms with van der Waals surface area (Å²) in [7, 11) is -3.36. The van der Waals surface area contributed by atoms with Gasteiger partial charge >= 0.3 is 5.97 Å². The molecule has 0 saturated heterocycles. The van der Waals surface area contributed by atoms with Crippen LogP contribution in [0.5, 0.6) is 0 Å². The van der Waals surface area contributed by atoms with Gasteiger partial charge in [-0.2, -0.15) is 5.26 Å². The number of sulfone groups is 1. The summed E-state index contributed by atoms with van der Waals surface area (Å²) in [5, 5.41) is 9.90. The van der Waals surface area contributed by atoms with E-state index in [9.17, 15) is 18.0 Å². The highest BCUT2D eigenvalue weighted by Crippen LogP contribution is 2.18. The van der Waals surface area contributed by atoms with Crippen LogP contribution in [0.4, 0.5) is 0 Å². The van der Waals surface area contributed by atoms with Gasteiger partial charge < -0.3 is 9.64 Å². The average Bonchev–Trinajstić information content (AvgIpc) is 3.10. The van der Waals surface area contributed by atoms with Crippen molar-refractivity contribution in [2.24, 2.45) is 0 Å². The lowest BCUT2D eigenvalue weighted by Crippen LogP contribution is -2.42. The van der Waals surface area contributed by atoms with E-state index in [1.807, 2.05) is 36.4 Å². The molecule has 0 saturated carbocycles. The minimum atomic E-state index is -3.36. The molecular formula is C21H18N2O5S. The monoisotopic (exact) mass is 410 g/mol. The van der Waals surface area contributed by atoms with Gasteiger partial charge in [-0.1, -0.05) is 30.3 Å². The van der Waals surface area contributed by atoms with E-state index in [1.165, 1.54) is 35.2 Å². The number of nitriles is 1. The van der Waals surface area contributed by atoms with E-state index in [2.05, 4.69) is 0 Å². The van der Waals surface area contributed by atoms with Crippen LogP contribution >= 0.6 is 0 Å². The Morgan fingerprint density at radius 1 is 1.10 bits per heavy atom. The van der Waals surface area contributed by atoms with Crippen LogP contribution in [0.25, 0.3) is 0 Å². The minimum Gasteiger partial charge on any atom is -0.452 e. The first-order valence-electron chi connectivity index (χ1n) is 8.79. The molecule has 0 aliphatic carbocycles. The van der Waals surface area contributed by atoms with Crippen molar-refractivity contribution in [3.8, 4) is 6.07 Å². The van der Waals surface area contributed by atoms with Crippen LogP contribution in [0.15, 0.2) is 66.1 Å². The zero-order chi connectivity index (χ0) is 20.9. The fourth-order valence-electron chi connectivity index (χ4n) is 2.90. The van der Waals surface area contributed by atoms with Crippen molar-refractivity contribution in [3.63, 3.8) is 0 Å². The summed E-state index contributed by atoms with van der Waals surface area (Å²) in [6.45, 7) is -0.325. The molecule has 0 fully saturated rings. The second-order valence-electron chi connectivity index (χ2n) is 6.50. The number of carbonyl (C=O) groups is 2. The molecular weight excluding hydrogens is 392 g/mol. The van der Waals surface area contributed by atoms with Crippen LogP contribution < -0.4 is 0 Å². The van der Waals surface area contributed by atoms with Crippen LogP contribution in [0.2, 0.25) is 0 Å². The number of ether oxygens (including phenoxy) is 1. The second-order valence-corrected chi connectivity index (χ2v) is 8.43. The Morgan fingerprint density at radius 2 is 1.79 bits per heavy atom. The molecule has 8 heteroatoms. The number of esters is 1. The number of amides is 1. The molecule has 2 aromatic carbocycles. The highest BCUT2D eigenvalue weighted by molar-refractivity contribution is 7.94. The Labute approximate surface area is 168 Å². The van der Waals surface area contributed by atoms with E-state index in [0.29, 0.717) is 5.56 Å². The number of benzene rings is 2. The summed E-state index contributed by atoms with van der Waals surface area (Å²) in [5.74, 6) is -1.39. The minimum absolute atomic E-state index is 0.193. The second kappa shape index (κ2) is 8.71. The van der Waals surface area contributed by atoms with Crippen molar-refractivity contribution in [2.75, 3.05) is 12.4 Å². The Bertz CT molecular complexity index is 1070. The molecule has 0 spiro atoms. The highest BCUT2D eigenvalue weighted by atomic mass is 32.2. The maximum Gasteiger partial charge on any atom is 0.338 e. The standard InChI is InChI=1S/C21H18N2O5S/c22-12-16-6-8-18(9-7-16)21(25)28-14-20(24)23(13-17-4-2-1-3-5-17)19-10-11-29(26,27)15-19/h1-11,19H,13-15H2/t19-/m1/s1. The molecule has 0 bridgehead atoms. The predicted molar refractivity (Wildman–Crippen MR) is 105 cm³/mol. The predicted octanol–water partition coefficient (Wildman–Crippen LogP) is 2.05. The Balaban J connectivity index is 1.69. The molecule has 7 nitrogen and oxygen atoms in total. The lowest BCUT2D eigenvalue weighted by atomic mass is 10.1. The molecule has 1 heterocycles. The first-order valence-corrected chi connectivity index (χ1v) is 10.5. The van der Waals surface area contributed by atoms with Gasteiger partial charge in [0.15, 0.2) is 16.4 Å². The zero-order valence-electron chi connectivity index (χ0n) is 15.4. The molecule has 0 aromatic heterocycles. The van der Waals surface area contributed by atoms with Gasteiger partial charge in [0.25, 0.3) is 5.91 Å². The molecule has 0 unspecified atom stereocenters. The summed E-state index contributed by atoms with van der Waals surface area (Å²) >= 11 is 0. The van der Waals surface area contributed by atoms with E-state index < -0.39 is 34.4 Å². The summed E-state index contributed by atoms with van der Waals surface area (Å²) in [5.41, 5.74) is 1.45. The molecule has 1 amide bonds. The summed E-state index contributed by atoms with van der Waals surface area (Å²) in [4.78, 5) is 26.3. The molecule has 0 N–H and O–H groups in total. The number of hydrogen-bond donors (Lipinski definition) is 0. The summed E-state index contributed by atoms with van der Waals surface area (Å²) in [6.07, 6.45) is 1.47. The van der Waals surface area contributed by atoms with E-state index >= 15 is 0 Å². The van der Waals surface area contributed by atoms with Crippen LogP contribution in [0, 0.1) is 11.3 Å². The third-order valence-corrected chi connectivity index (χ3v) is 5.78. The highest BCUT2D eigenvalue weighted by Gasteiger charge is 2.30. The molecule has 1 aliphatic heterocycles. The molecule has 2 aromatic rings. The lowest BCUT2D eigenvalue weighted by Gasteiger charge is -2.27. The van der Waals surface area contributed by atoms with Crippen molar-refractivity contribution in [2.45, 2.75) is 12.6 Å². The maximum atomic E-state index is 12.8. The van der Waals surface area contributed by atoms with Gasteiger partial charge in [0.05, 0.1) is 29.0 Å². The van der Waals surface area contributed by atoms with Crippen molar-refractivity contribution in [1.82, 2.24) is 4.90 Å².